The first kappa shape index (κ1) is 14.6. The minimum absolute atomic E-state index is 0.132. The van der Waals surface area contributed by atoms with Crippen LogP contribution in [0.5, 0.6) is 0 Å². The van der Waals surface area contributed by atoms with Gasteiger partial charge in [-0.2, -0.15) is 0 Å². The van der Waals surface area contributed by atoms with Crippen LogP contribution in [0.1, 0.15) is 55.0 Å². The molecule has 1 fully saturated rings. The minimum atomic E-state index is 0.132. The molecule has 0 saturated heterocycles. The first-order valence-corrected chi connectivity index (χ1v) is 8.10. The number of pyridine rings is 1. The highest BCUT2D eigenvalue weighted by molar-refractivity contribution is 6.30. The maximum absolute atomic E-state index is 5.95. The monoisotopic (exact) mass is 300 g/mol. The molecule has 3 rings (SSSR count). The van der Waals surface area contributed by atoms with E-state index >= 15 is 0 Å². The maximum atomic E-state index is 5.95. The molecular weight excluding hydrogens is 280 g/mol. The number of nitrogens with one attached hydrogen (secondary N) is 1. The lowest BCUT2D eigenvalue weighted by Crippen LogP contribution is -2.23. The predicted molar refractivity (Wildman–Crippen MR) is 87.8 cm³/mol. The summed E-state index contributed by atoms with van der Waals surface area (Å²) in [4.78, 5) is 4.49. The summed E-state index contributed by atoms with van der Waals surface area (Å²) in [5.41, 5.74) is 3.78. The Morgan fingerprint density at radius 3 is 2.76 bits per heavy atom. The van der Waals surface area contributed by atoms with Crippen molar-refractivity contribution in [2.24, 2.45) is 0 Å². The first-order chi connectivity index (χ1) is 10.3. The Kier molecular flexibility index (Phi) is 4.57. The van der Waals surface area contributed by atoms with Crippen molar-refractivity contribution in [3.05, 3.63) is 64.4 Å². The largest absolute Gasteiger partial charge is 0.305 e. The zero-order valence-electron chi connectivity index (χ0n) is 12.3. The van der Waals surface area contributed by atoms with E-state index in [0.29, 0.717) is 5.02 Å². The van der Waals surface area contributed by atoms with Crippen LogP contribution in [0.4, 0.5) is 0 Å². The van der Waals surface area contributed by atoms with Crippen molar-refractivity contribution in [2.45, 2.75) is 38.1 Å². The SMILES string of the molecule is CCNC(c1cccc(C2CCC2)c1)c1ccc(Cl)cn1. The summed E-state index contributed by atoms with van der Waals surface area (Å²) in [7, 11) is 0. The van der Waals surface area contributed by atoms with Crippen molar-refractivity contribution in [3.8, 4) is 0 Å². The summed E-state index contributed by atoms with van der Waals surface area (Å²) >= 11 is 5.95. The molecule has 1 aliphatic rings. The quantitative estimate of drug-likeness (QED) is 0.865. The molecule has 0 radical (unpaired) electrons. The molecule has 21 heavy (non-hydrogen) atoms. The molecule has 0 spiro atoms. The number of rotatable bonds is 5. The fraction of sp³-hybridized carbons (Fsp3) is 0.389. The highest BCUT2D eigenvalue weighted by atomic mass is 35.5. The van der Waals surface area contributed by atoms with Gasteiger partial charge in [0.15, 0.2) is 0 Å². The van der Waals surface area contributed by atoms with E-state index in [-0.39, 0.29) is 6.04 Å². The highest BCUT2D eigenvalue weighted by Crippen LogP contribution is 2.37. The Bertz CT molecular complexity index is 590. The lowest BCUT2D eigenvalue weighted by atomic mass is 9.79. The number of benzene rings is 1. The van der Waals surface area contributed by atoms with Crippen LogP contribution in [-0.4, -0.2) is 11.5 Å². The van der Waals surface area contributed by atoms with Gasteiger partial charge < -0.3 is 5.32 Å². The number of aromatic nitrogens is 1. The van der Waals surface area contributed by atoms with Gasteiger partial charge in [0.25, 0.3) is 0 Å². The number of hydrogen-bond donors (Lipinski definition) is 1. The molecule has 1 N–H and O–H groups in total. The lowest BCUT2D eigenvalue weighted by Gasteiger charge is -2.27. The van der Waals surface area contributed by atoms with Crippen LogP contribution in [0, 0.1) is 0 Å². The van der Waals surface area contributed by atoms with Crippen LogP contribution < -0.4 is 5.32 Å². The second kappa shape index (κ2) is 6.59. The van der Waals surface area contributed by atoms with Gasteiger partial charge in [-0.25, -0.2) is 0 Å². The molecule has 1 unspecified atom stereocenters. The molecule has 0 bridgehead atoms. The normalized spacial score (nSPS) is 16.5. The van der Waals surface area contributed by atoms with Crippen molar-refractivity contribution in [1.82, 2.24) is 10.3 Å². The van der Waals surface area contributed by atoms with Gasteiger partial charge in [0, 0.05) is 6.20 Å². The first-order valence-electron chi connectivity index (χ1n) is 7.72. The molecular formula is C18H21ClN2. The molecule has 1 aromatic carbocycles. The van der Waals surface area contributed by atoms with E-state index in [1.165, 1.54) is 30.4 Å². The molecule has 110 valence electrons. The minimum Gasteiger partial charge on any atom is -0.305 e. The zero-order valence-corrected chi connectivity index (χ0v) is 13.1. The molecule has 1 saturated carbocycles. The highest BCUT2D eigenvalue weighted by Gasteiger charge is 2.21. The number of nitrogens with zero attached hydrogens (tertiary/aromatic N) is 1. The summed E-state index contributed by atoms with van der Waals surface area (Å²) in [6.45, 7) is 3.03. The Labute approximate surface area is 131 Å². The molecule has 2 nitrogen and oxygen atoms in total. The van der Waals surface area contributed by atoms with Gasteiger partial charge >= 0.3 is 0 Å². The molecule has 0 amide bonds. The Balaban J connectivity index is 1.91. The van der Waals surface area contributed by atoms with E-state index in [1.54, 1.807) is 6.20 Å². The van der Waals surface area contributed by atoms with E-state index in [9.17, 15) is 0 Å². The van der Waals surface area contributed by atoms with Gasteiger partial charge in [-0.15, -0.1) is 0 Å². The topological polar surface area (TPSA) is 24.9 Å². The van der Waals surface area contributed by atoms with E-state index in [0.717, 1.165) is 18.2 Å². The van der Waals surface area contributed by atoms with Crippen molar-refractivity contribution < 1.29 is 0 Å². The third-order valence-corrected chi connectivity index (χ3v) is 4.50. The summed E-state index contributed by atoms with van der Waals surface area (Å²) < 4.78 is 0. The second-order valence-electron chi connectivity index (χ2n) is 5.69. The smallest absolute Gasteiger partial charge is 0.0751 e. The molecule has 0 aliphatic heterocycles. The van der Waals surface area contributed by atoms with Crippen LogP contribution in [0.25, 0.3) is 0 Å². The summed E-state index contributed by atoms with van der Waals surface area (Å²) in [6, 6.07) is 13.0. The molecule has 2 aromatic rings. The van der Waals surface area contributed by atoms with Crippen LogP contribution in [0.15, 0.2) is 42.6 Å². The fourth-order valence-electron chi connectivity index (χ4n) is 2.89. The third-order valence-electron chi connectivity index (χ3n) is 4.27. The van der Waals surface area contributed by atoms with Gasteiger partial charge in [-0.05, 0) is 48.6 Å². The fourth-order valence-corrected chi connectivity index (χ4v) is 3.00. The molecule has 1 aliphatic carbocycles. The van der Waals surface area contributed by atoms with Gasteiger partial charge in [0.1, 0.15) is 0 Å². The second-order valence-corrected chi connectivity index (χ2v) is 6.13. The Hall–Kier alpha value is -1.38. The van der Waals surface area contributed by atoms with Crippen LogP contribution in [0.3, 0.4) is 0 Å². The average molecular weight is 301 g/mol. The van der Waals surface area contributed by atoms with Crippen LogP contribution in [0.2, 0.25) is 5.02 Å². The van der Waals surface area contributed by atoms with Crippen molar-refractivity contribution in [3.63, 3.8) is 0 Å². The summed E-state index contributed by atoms with van der Waals surface area (Å²) in [5.74, 6) is 0.755. The molecule has 1 atom stereocenters. The van der Waals surface area contributed by atoms with Crippen LogP contribution >= 0.6 is 11.6 Å². The van der Waals surface area contributed by atoms with E-state index < -0.39 is 0 Å². The van der Waals surface area contributed by atoms with Crippen LogP contribution in [-0.2, 0) is 0 Å². The van der Waals surface area contributed by atoms with Crippen molar-refractivity contribution in [1.29, 1.82) is 0 Å². The van der Waals surface area contributed by atoms with Crippen molar-refractivity contribution >= 4 is 11.6 Å². The van der Waals surface area contributed by atoms with Gasteiger partial charge in [-0.3, -0.25) is 4.98 Å². The zero-order chi connectivity index (χ0) is 14.7. The van der Waals surface area contributed by atoms with E-state index in [4.69, 9.17) is 11.6 Å². The third kappa shape index (κ3) is 3.28. The standard InChI is InChI=1S/C18H21ClN2/c1-2-20-18(17-10-9-16(19)12-21-17)15-8-4-7-14(11-15)13-5-3-6-13/h4,7-13,18,20H,2-3,5-6H2,1H3. The van der Waals surface area contributed by atoms with E-state index in [2.05, 4.69) is 41.5 Å². The number of hydrogen-bond acceptors (Lipinski definition) is 2. The maximum Gasteiger partial charge on any atom is 0.0751 e. The predicted octanol–water partition coefficient (Wildman–Crippen LogP) is 4.70. The Morgan fingerprint density at radius 2 is 2.14 bits per heavy atom. The van der Waals surface area contributed by atoms with E-state index in [1.807, 2.05) is 12.1 Å². The summed E-state index contributed by atoms with van der Waals surface area (Å²) in [5, 5.41) is 4.21. The van der Waals surface area contributed by atoms with Gasteiger partial charge in [0.2, 0.25) is 0 Å². The average Bonchev–Trinajstić information content (AvgIpc) is 2.44. The summed E-state index contributed by atoms with van der Waals surface area (Å²) in [6.07, 6.45) is 5.74. The Morgan fingerprint density at radius 1 is 1.29 bits per heavy atom. The lowest BCUT2D eigenvalue weighted by molar-refractivity contribution is 0.419. The number of halogens is 1. The molecule has 1 heterocycles. The van der Waals surface area contributed by atoms with Gasteiger partial charge in [0.05, 0.1) is 16.8 Å². The molecule has 1 aromatic heterocycles. The van der Waals surface area contributed by atoms with Gasteiger partial charge in [-0.1, -0.05) is 49.2 Å². The molecule has 3 heteroatoms. The van der Waals surface area contributed by atoms with Crippen molar-refractivity contribution in [2.75, 3.05) is 6.54 Å².